The molecule has 1 saturated heterocycles. The lowest BCUT2D eigenvalue weighted by Crippen LogP contribution is -2.41. The highest BCUT2D eigenvalue weighted by Crippen LogP contribution is 2.35. The molecule has 1 amide bonds. The van der Waals surface area contributed by atoms with Gasteiger partial charge in [-0.3, -0.25) is 14.2 Å². The Morgan fingerprint density at radius 2 is 2.19 bits per heavy atom. The van der Waals surface area contributed by atoms with Crippen LogP contribution in [0.5, 0.6) is 0 Å². The van der Waals surface area contributed by atoms with Crippen LogP contribution >= 0.6 is 11.3 Å². The fourth-order valence-corrected chi connectivity index (χ4v) is 7.14. The van der Waals surface area contributed by atoms with Crippen molar-refractivity contribution in [3.05, 3.63) is 27.1 Å². The van der Waals surface area contributed by atoms with Crippen molar-refractivity contribution in [3.63, 3.8) is 0 Å². The van der Waals surface area contributed by atoms with Crippen molar-refractivity contribution in [2.75, 3.05) is 18.6 Å². The van der Waals surface area contributed by atoms with E-state index in [-0.39, 0.29) is 35.6 Å². The van der Waals surface area contributed by atoms with Crippen LogP contribution in [0, 0.1) is 5.92 Å². The predicted octanol–water partition coefficient (Wildman–Crippen LogP) is 1.23. The van der Waals surface area contributed by atoms with Gasteiger partial charge in [-0.25, -0.2) is 13.4 Å². The van der Waals surface area contributed by atoms with Gasteiger partial charge in [0, 0.05) is 18.0 Å². The van der Waals surface area contributed by atoms with Crippen LogP contribution < -0.4 is 5.56 Å². The second-order valence-corrected chi connectivity index (χ2v) is 11.1. The van der Waals surface area contributed by atoms with Crippen LogP contribution in [0.3, 0.4) is 0 Å². The molecule has 1 aliphatic carbocycles. The van der Waals surface area contributed by atoms with E-state index in [0.29, 0.717) is 17.7 Å². The molecule has 7 nitrogen and oxygen atoms in total. The number of thiophene rings is 1. The van der Waals surface area contributed by atoms with Crippen LogP contribution in [0.1, 0.15) is 30.2 Å². The molecule has 0 radical (unpaired) electrons. The van der Waals surface area contributed by atoms with Crippen molar-refractivity contribution < 1.29 is 13.2 Å². The number of hydrogen-bond acceptors (Lipinski definition) is 6. The lowest BCUT2D eigenvalue weighted by Gasteiger charge is -2.23. The normalized spacial score (nSPS) is 24.1. The third kappa shape index (κ3) is 3.42. The average molecular weight is 410 g/mol. The first-order chi connectivity index (χ1) is 12.7. The SMILES string of the molecule is C[C@H]1CCc2c(sc3ncn(CC(=O)N(C)[C@@H]4CCS(=O)(=O)C4)c(=O)c23)C1. The molecule has 2 atom stereocenters. The standard InChI is InChI=1S/C18H23N3O4S2/c1-11-3-4-13-14(7-11)26-17-16(13)18(23)21(10-19-17)8-15(22)20(2)12-5-6-27(24,25)9-12/h10-12H,3-9H2,1-2H3/t11-,12+/m0/s1. The maximum Gasteiger partial charge on any atom is 0.262 e. The Morgan fingerprint density at radius 3 is 2.89 bits per heavy atom. The molecule has 2 aromatic heterocycles. The number of hydrogen-bond donors (Lipinski definition) is 0. The van der Waals surface area contributed by atoms with Crippen LogP contribution in [0.25, 0.3) is 10.2 Å². The summed E-state index contributed by atoms with van der Waals surface area (Å²) in [6.07, 6.45) is 4.81. The summed E-state index contributed by atoms with van der Waals surface area (Å²) in [5.41, 5.74) is 0.926. The number of amides is 1. The maximum absolute atomic E-state index is 13.0. The predicted molar refractivity (Wildman–Crippen MR) is 105 cm³/mol. The first kappa shape index (κ1) is 18.6. The fourth-order valence-electron chi connectivity index (χ4n) is 4.02. The Morgan fingerprint density at radius 1 is 1.41 bits per heavy atom. The van der Waals surface area contributed by atoms with E-state index >= 15 is 0 Å². The maximum atomic E-state index is 13.0. The zero-order valence-electron chi connectivity index (χ0n) is 15.5. The summed E-state index contributed by atoms with van der Waals surface area (Å²) in [6.45, 7) is 2.10. The number of sulfone groups is 1. The smallest absolute Gasteiger partial charge is 0.262 e. The van der Waals surface area contributed by atoms with E-state index in [1.165, 1.54) is 20.7 Å². The third-order valence-corrected chi connectivity index (χ3v) is 8.65. The second-order valence-electron chi connectivity index (χ2n) is 7.77. The molecule has 0 aromatic carbocycles. The molecule has 27 heavy (non-hydrogen) atoms. The second kappa shape index (κ2) is 6.70. The van der Waals surface area contributed by atoms with Gasteiger partial charge in [0.15, 0.2) is 9.84 Å². The summed E-state index contributed by atoms with van der Waals surface area (Å²) < 4.78 is 24.7. The van der Waals surface area contributed by atoms with E-state index in [0.717, 1.165) is 29.7 Å². The van der Waals surface area contributed by atoms with E-state index in [1.807, 2.05) is 0 Å². The van der Waals surface area contributed by atoms with Gasteiger partial charge in [0.1, 0.15) is 11.4 Å². The Kier molecular flexibility index (Phi) is 4.62. The molecule has 1 aliphatic heterocycles. The summed E-state index contributed by atoms with van der Waals surface area (Å²) in [6, 6.07) is -0.315. The van der Waals surface area contributed by atoms with Gasteiger partial charge in [0.2, 0.25) is 5.91 Å². The molecule has 0 unspecified atom stereocenters. The lowest BCUT2D eigenvalue weighted by atomic mass is 9.89. The monoisotopic (exact) mass is 409 g/mol. The van der Waals surface area contributed by atoms with Gasteiger partial charge in [0.25, 0.3) is 5.56 Å². The van der Waals surface area contributed by atoms with Gasteiger partial charge >= 0.3 is 0 Å². The number of nitrogens with zero attached hydrogens (tertiary/aromatic N) is 3. The molecular weight excluding hydrogens is 386 g/mol. The molecular formula is C18H23N3O4S2. The van der Waals surface area contributed by atoms with E-state index in [9.17, 15) is 18.0 Å². The number of fused-ring (bicyclic) bond motifs is 3. The van der Waals surface area contributed by atoms with Crippen molar-refractivity contribution in [3.8, 4) is 0 Å². The Bertz CT molecular complexity index is 1070. The first-order valence-corrected chi connectivity index (χ1v) is 11.8. The highest BCUT2D eigenvalue weighted by molar-refractivity contribution is 7.91. The molecule has 3 heterocycles. The van der Waals surface area contributed by atoms with E-state index in [4.69, 9.17) is 0 Å². The number of aromatic nitrogens is 2. The van der Waals surface area contributed by atoms with Gasteiger partial charge in [-0.2, -0.15) is 0 Å². The summed E-state index contributed by atoms with van der Waals surface area (Å²) in [4.78, 5) is 33.5. The van der Waals surface area contributed by atoms with Crippen molar-refractivity contribution in [1.82, 2.24) is 14.5 Å². The zero-order chi connectivity index (χ0) is 19.3. The highest BCUT2D eigenvalue weighted by Gasteiger charge is 2.33. The van der Waals surface area contributed by atoms with Crippen LogP contribution in [-0.2, 0) is 34.0 Å². The van der Waals surface area contributed by atoms with Gasteiger partial charge in [-0.05, 0) is 37.2 Å². The Balaban J connectivity index is 1.60. The minimum Gasteiger partial charge on any atom is -0.340 e. The Labute approximate surface area is 161 Å². The minimum absolute atomic E-state index is 0.00233. The fraction of sp³-hybridized carbons (Fsp3) is 0.611. The summed E-state index contributed by atoms with van der Waals surface area (Å²) >= 11 is 1.59. The number of aryl methyl sites for hydroxylation is 1. The zero-order valence-corrected chi connectivity index (χ0v) is 17.1. The molecule has 1 fully saturated rings. The van der Waals surface area contributed by atoms with Gasteiger partial charge in [-0.1, -0.05) is 6.92 Å². The van der Waals surface area contributed by atoms with Crippen molar-refractivity contribution >= 4 is 37.3 Å². The number of rotatable bonds is 3. The number of carbonyl (C=O) groups excluding carboxylic acids is 1. The molecule has 0 bridgehead atoms. The molecule has 0 spiro atoms. The summed E-state index contributed by atoms with van der Waals surface area (Å²) in [7, 11) is -1.45. The van der Waals surface area contributed by atoms with Gasteiger partial charge < -0.3 is 4.90 Å². The van der Waals surface area contributed by atoms with Gasteiger partial charge in [-0.15, -0.1) is 11.3 Å². The molecule has 9 heteroatoms. The van der Waals surface area contributed by atoms with Crippen molar-refractivity contribution in [2.45, 2.75) is 45.2 Å². The summed E-state index contributed by atoms with van der Waals surface area (Å²) in [5.74, 6) is 0.462. The third-order valence-electron chi connectivity index (χ3n) is 5.74. The van der Waals surface area contributed by atoms with Gasteiger partial charge in [0.05, 0.1) is 23.2 Å². The minimum atomic E-state index is -3.06. The van der Waals surface area contributed by atoms with E-state index in [1.54, 1.807) is 18.4 Å². The number of likely N-dealkylation sites (N-methyl/N-ethyl adjacent to an activating group) is 1. The Hall–Kier alpha value is -1.74. The quantitative estimate of drug-likeness (QED) is 0.761. The number of carbonyl (C=O) groups is 1. The largest absolute Gasteiger partial charge is 0.340 e. The highest BCUT2D eigenvalue weighted by atomic mass is 32.2. The summed E-state index contributed by atoms with van der Waals surface area (Å²) in [5, 5.41) is 0.656. The van der Waals surface area contributed by atoms with Crippen molar-refractivity contribution in [2.24, 2.45) is 5.92 Å². The van der Waals surface area contributed by atoms with Crippen LogP contribution in [-0.4, -0.2) is 53.4 Å². The lowest BCUT2D eigenvalue weighted by molar-refractivity contribution is -0.132. The van der Waals surface area contributed by atoms with Crippen LogP contribution in [0.15, 0.2) is 11.1 Å². The van der Waals surface area contributed by atoms with E-state index in [2.05, 4.69) is 11.9 Å². The molecule has 4 rings (SSSR count). The van der Waals surface area contributed by atoms with E-state index < -0.39 is 9.84 Å². The molecule has 146 valence electrons. The average Bonchev–Trinajstić information content (AvgIpc) is 3.16. The first-order valence-electron chi connectivity index (χ1n) is 9.21. The molecule has 0 saturated carbocycles. The topological polar surface area (TPSA) is 89.3 Å². The molecule has 2 aliphatic rings. The molecule has 2 aromatic rings. The van der Waals surface area contributed by atoms with Crippen LogP contribution in [0.2, 0.25) is 0 Å². The van der Waals surface area contributed by atoms with Crippen LogP contribution in [0.4, 0.5) is 0 Å². The molecule has 0 N–H and O–H groups in total. The van der Waals surface area contributed by atoms with Crippen molar-refractivity contribution in [1.29, 1.82) is 0 Å².